The molecule has 0 aromatic carbocycles. The third-order valence-electron chi connectivity index (χ3n) is 3.84. The van der Waals surface area contributed by atoms with E-state index >= 15 is 0 Å². The van der Waals surface area contributed by atoms with Gasteiger partial charge in [-0.3, -0.25) is 14.6 Å². The van der Waals surface area contributed by atoms with Crippen LogP contribution in [0.2, 0.25) is 0 Å². The highest BCUT2D eigenvalue weighted by Crippen LogP contribution is 2.33. The van der Waals surface area contributed by atoms with E-state index in [0.29, 0.717) is 12.1 Å². The smallest absolute Gasteiger partial charge is 0.225 e. The first-order chi connectivity index (χ1) is 9.63. The van der Waals surface area contributed by atoms with Crippen LogP contribution in [-0.2, 0) is 11.3 Å². The van der Waals surface area contributed by atoms with Crippen molar-refractivity contribution in [2.45, 2.75) is 45.3 Å². The van der Waals surface area contributed by atoms with Crippen LogP contribution < -0.4 is 10.2 Å². The number of nitrogens with one attached hydrogen (secondary N) is 1. The number of nitrogens with zero attached hydrogens (tertiary/aromatic N) is 3. The van der Waals surface area contributed by atoms with Crippen molar-refractivity contribution < 1.29 is 4.79 Å². The second-order valence-electron chi connectivity index (χ2n) is 5.83. The molecule has 1 saturated heterocycles. The Morgan fingerprint density at radius 2 is 2.40 bits per heavy atom. The normalized spacial score (nSPS) is 23.8. The van der Waals surface area contributed by atoms with E-state index in [-0.39, 0.29) is 5.91 Å². The maximum atomic E-state index is 11.7. The molecule has 2 fully saturated rings. The van der Waals surface area contributed by atoms with E-state index in [9.17, 15) is 4.79 Å². The van der Waals surface area contributed by atoms with Gasteiger partial charge in [-0.25, -0.2) is 4.98 Å². The molecule has 1 amide bonds. The SMILES string of the molecule is CC(=O)N(c1nc(CN2CCN[C@H](C)C2)cs1)C1CC1. The predicted molar refractivity (Wildman–Crippen MR) is 81.0 cm³/mol. The Morgan fingerprint density at radius 3 is 3.05 bits per heavy atom. The first-order valence-electron chi connectivity index (χ1n) is 7.33. The number of anilines is 1. The van der Waals surface area contributed by atoms with Gasteiger partial charge in [0, 0.05) is 50.6 Å². The van der Waals surface area contributed by atoms with Crippen molar-refractivity contribution in [2.75, 3.05) is 24.5 Å². The van der Waals surface area contributed by atoms with Gasteiger partial charge in [-0.05, 0) is 19.8 Å². The zero-order valence-corrected chi connectivity index (χ0v) is 12.9. The summed E-state index contributed by atoms with van der Waals surface area (Å²) in [5, 5.41) is 6.42. The Morgan fingerprint density at radius 1 is 1.60 bits per heavy atom. The van der Waals surface area contributed by atoms with Crippen LogP contribution in [0.15, 0.2) is 5.38 Å². The molecule has 20 heavy (non-hydrogen) atoms. The summed E-state index contributed by atoms with van der Waals surface area (Å²) in [7, 11) is 0. The number of rotatable bonds is 4. The lowest BCUT2D eigenvalue weighted by molar-refractivity contribution is -0.116. The minimum atomic E-state index is 0.115. The molecular formula is C14H22N4OS. The summed E-state index contributed by atoms with van der Waals surface area (Å²) < 4.78 is 0. The molecule has 1 aliphatic heterocycles. The minimum absolute atomic E-state index is 0.115. The van der Waals surface area contributed by atoms with E-state index in [1.54, 1.807) is 18.3 Å². The highest BCUT2D eigenvalue weighted by atomic mass is 32.1. The van der Waals surface area contributed by atoms with E-state index in [0.717, 1.165) is 49.8 Å². The molecule has 1 aliphatic carbocycles. The molecule has 1 aromatic heterocycles. The standard InChI is InChI=1S/C14H22N4OS/c1-10-7-17(6-5-15-10)8-12-9-20-14(16-12)18(11(2)19)13-3-4-13/h9-10,13,15H,3-8H2,1-2H3/t10-/m1/s1. The second kappa shape index (κ2) is 5.79. The van der Waals surface area contributed by atoms with E-state index in [4.69, 9.17) is 0 Å². The lowest BCUT2D eigenvalue weighted by atomic mass is 10.2. The largest absolute Gasteiger partial charge is 0.312 e. The molecule has 6 heteroatoms. The summed E-state index contributed by atoms with van der Waals surface area (Å²) in [6.07, 6.45) is 2.23. The van der Waals surface area contributed by atoms with Crippen molar-refractivity contribution in [2.24, 2.45) is 0 Å². The zero-order chi connectivity index (χ0) is 14.1. The number of piperazine rings is 1. The number of thiazole rings is 1. The summed E-state index contributed by atoms with van der Waals surface area (Å²) in [5.74, 6) is 0.115. The molecule has 0 spiro atoms. The van der Waals surface area contributed by atoms with Gasteiger partial charge in [0.2, 0.25) is 5.91 Å². The number of carbonyl (C=O) groups excluding carboxylic acids is 1. The zero-order valence-electron chi connectivity index (χ0n) is 12.1. The van der Waals surface area contributed by atoms with Crippen LogP contribution in [0.25, 0.3) is 0 Å². The van der Waals surface area contributed by atoms with E-state index in [1.807, 2.05) is 4.90 Å². The van der Waals surface area contributed by atoms with Gasteiger partial charge in [-0.2, -0.15) is 0 Å². The Hall–Kier alpha value is -0.980. The fourth-order valence-electron chi connectivity index (χ4n) is 2.75. The molecule has 0 bridgehead atoms. The molecule has 1 atom stereocenters. The van der Waals surface area contributed by atoms with Crippen molar-refractivity contribution in [1.82, 2.24) is 15.2 Å². The van der Waals surface area contributed by atoms with Gasteiger partial charge in [0.05, 0.1) is 5.69 Å². The van der Waals surface area contributed by atoms with Crippen molar-refractivity contribution in [1.29, 1.82) is 0 Å². The molecule has 1 saturated carbocycles. The van der Waals surface area contributed by atoms with Gasteiger partial charge in [-0.15, -0.1) is 11.3 Å². The average Bonchev–Trinajstić information content (AvgIpc) is 3.10. The first-order valence-corrected chi connectivity index (χ1v) is 8.21. The van der Waals surface area contributed by atoms with Crippen molar-refractivity contribution in [3.05, 3.63) is 11.1 Å². The van der Waals surface area contributed by atoms with Crippen molar-refractivity contribution in [3.8, 4) is 0 Å². The Balaban J connectivity index is 1.65. The average molecular weight is 294 g/mol. The highest BCUT2D eigenvalue weighted by molar-refractivity contribution is 7.14. The topological polar surface area (TPSA) is 48.5 Å². The number of hydrogen-bond donors (Lipinski definition) is 1. The molecular weight excluding hydrogens is 272 g/mol. The monoisotopic (exact) mass is 294 g/mol. The van der Waals surface area contributed by atoms with E-state index in [1.165, 1.54) is 0 Å². The lowest BCUT2D eigenvalue weighted by Crippen LogP contribution is -2.48. The van der Waals surface area contributed by atoms with Crippen LogP contribution in [0.3, 0.4) is 0 Å². The van der Waals surface area contributed by atoms with Gasteiger partial charge >= 0.3 is 0 Å². The van der Waals surface area contributed by atoms with Gasteiger partial charge in [0.15, 0.2) is 5.13 Å². The van der Waals surface area contributed by atoms with Crippen LogP contribution >= 0.6 is 11.3 Å². The third kappa shape index (κ3) is 3.19. The maximum Gasteiger partial charge on any atom is 0.225 e. The number of aromatic nitrogens is 1. The summed E-state index contributed by atoms with van der Waals surface area (Å²) in [4.78, 5) is 20.7. The minimum Gasteiger partial charge on any atom is -0.312 e. The number of carbonyl (C=O) groups is 1. The van der Waals surface area contributed by atoms with Gasteiger partial charge < -0.3 is 5.32 Å². The van der Waals surface area contributed by atoms with E-state index in [2.05, 4.69) is 27.5 Å². The quantitative estimate of drug-likeness (QED) is 0.913. The summed E-state index contributed by atoms with van der Waals surface area (Å²) in [6, 6.07) is 0.938. The number of hydrogen-bond acceptors (Lipinski definition) is 5. The van der Waals surface area contributed by atoms with Crippen LogP contribution in [0, 0.1) is 0 Å². The summed E-state index contributed by atoms with van der Waals surface area (Å²) in [5.41, 5.74) is 1.09. The summed E-state index contributed by atoms with van der Waals surface area (Å²) >= 11 is 1.60. The Kier molecular flexibility index (Phi) is 4.05. The molecule has 2 heterocycles. The summed E-state index contributed by atoms with van der Waals surface area (Å²) in [6.45, 7) is 7.90. The molecule has 2 aliphatic rings. The number of amides is 1. The first kappa shape index (κ1) is 14.0. The van der Waals surface area contributed by atoms with Crippen LogP contribution in [0.4, 0.5) is 5.13 Å². The van der Waals surface area contributed by atoms with Gasteiger partial charge in [0.1, 0.15) is 0 Å². The molecule has 3 rings (SSSR count). The molecule has 1 N–H and O–H groups in total. The molecule has 0 radical (unpaired) electrons. The molecule has 0 unspecified atom stereocenters. The van der Waals surface area contributed by atoms with Crippen LogP contribution in [0.1, 0.15) is 32.4 Å². The Bertz CT molecular complexity index is 485. The van der Waals surface area contributed by atoms with Crippen LogP contribution in [-0.4, -0.2) is 47.5 Å². The highest BCUT2D eigenvalue weighted by Gasteiger charge is 2.33. The van der Waals surface area contributed by atoms with Gasteiger partial charge in [0.25, 0.3) is 0 Å². The fourth-order valence-corrected chi connectivity index (χ4v) is 3.68. The van der Waals surface area contributed by atoms with Crippen LogP contribution in [0.5, 0.6) is 0 Å². The van der Waals surface area contributed by atoms with Gasteiger partial charge in [-0.1, -0.05) is 0 Å². The van der Waals surface area contributed by atoms with Crippen molar-refractivity contribution >= 4 is 22.4 Å². The lowest BCUT2D eigenvalue weighted by Gasteiger charge is -2.31. The van der Waals surface area contributed by atoms with Crippen molar-refractivity contribution in [3.63, 3.8) is 0 Å². The maximum absolute atomic E-state index is 11.7. The fraction of sp³-hybridized carbons (Fsp3) is 0.714. The molecule has 1 aromatic rings. The Labute approximate surface area is 124 Å². The second-order valence-corrected chi connectivity index (χ2v) is 6.67. The molecule has 5 nitrogen and oxygen atoms in total. The van der Waals surface area contributed by atoms with E-state index < -0.39 is 0 Å². The predicted octanol–water partition coefficient (Wildman–Crippen LogP) is 1.45. The third-order valence-corrected chi connectivity index (χ3v) is 4.72. The molecule has 110 valence electrons.